The number of H-pyrrole nitrogens is 1. The van der Waals surface area contributed by atoms with Crippen LogP contribution in [0.2, 0.25) is 0 Å². The largest absolute Gasteiger partial charge is 0.472 e. The van der Waals surface area contributed by atoms with E-state index in [-0.39, 0.29) is 11.5 Å². The number of nitrogens with one attached hydrogen (secondary N) is 1. The summed E-state index contributed by atoms with van der Waals surface area (Å²) in [5.74, 6) is 0.780. The Morgan fingerprint density at radius 1 is 1.50 bits per heavy atom. The summed E-state index contributed by atoms with van der Waals surface area (Å²) in [5, 5.41) is 0. The zero-order valence-electron chi connectivity index (χ0n) is 8.95. The minimum absolute atomic E-state index is 0.101. The van der Waals surface area contributed by atoms with Gasteiger partial charge in [0.05, 0.1) is 21.1 Å². The van der Waals surface area contributed by atoms with E-state index in [1.807, 2.05) is 36.4 Å². The molecule has 16 heavy (non-hydrogen) atoms. The van der Waals surface area contributed by atoms with E-state index < -0.39 is 0 Å². The molecular formula is C11H11IN2O2. The van der Waals surface area contributed by atoms with Gasteiger partial charge in [0.2, 0.25) is 0 Å². The Kier molecular flexibility index (Phi) is 3.13. The van der Waals surface area contributed by atoms with Gasteiger partial charge in [-0.25, -0.2) is 4.98 Å². The molecule has 5 heteroatoms. The van der Waals surface area contributed by atoms with Gasteiger partial charge in [0.25, 0.3) is 5.56 Å². The summed E-state index contributed by atoms with van der Waals surface area (Å²) in [6, 6.07) is 1.77. The highest BCUT2D eigenvalue weighted by Crippen LogP contribution is 2.20. The minimum atomic E-state index is -0.101. The molecule has 1 N–H and O–H groups in total. The van der Waals surface area contributed by atoms with Gasteiger partial charge in [-0.05, 0) is 34.6 Å². The van der Waals surface area contributed by atoms with Crippen molar-refractivity contribution in [3.05, 3.63) is 38.2 Å². The lowest BCUT2D eigenvalue weighted by molar-refractivity contribution is 0.568. The van der Waals surface area contributed by atoms with Crippen LogP contribution in [-0.4, -0.2) is 9.97 Å². The van der Waals surface area contributed by atoms with Crippen LogP contribution in [0, 0.1) is 3.57 Å². The maximum absolute atomic E-state index is 11.7. The average molecular weight is 330 g/mol. The van der Waals surface area contributed by atoms with Crippen molar-refractivity contribution in [2.24, 2.45) is 0 Å². The van der Waals surface area contributed by atoms with Gasteiger partial charge in [-0.1, -0.05) is 13.8 Å². The van der Waals surface area contributed by atoms with Crippen molar-refractivity contribution < 1.29 is 4.42 Å². The highest BCUT2D eigenvalue weighted by molar-refractivity contribution is 14.1. The third-order valence-corrected chi connectivity index (χ3v) is 3.27. The zero-order valence-corrected chi connectivity index (χ0v) is 11.1. The zero-order chi connectivity index (χ0) is 11.7. The fraction of sp³-hybridized carbons (Fsp3) is 0.273. The monoisotopic (exact) mass is 330 g/mol. The molecule has 0 bridgehead atoms. The van der Waals surface area contributed by atoms with Crippen LogP contribution in [0.4, 0.5) is 0 Å². The van der Waals surface area contributed by atoms with Gasteiger partial charge in [-0.15, -0.1) is 0 Å². The van der Waals surface area contributed by atoms with Gasteiger partial charge >= 0.3 is 0 Å². The van der Waals surface area contributed by atoms with Crippen molar-refractivity contribution >= 4 is 22.6 Å². The van der Waals surface area contributed by atoms with Gasteiger partial charge in [0, 0.05) is 0 Å². The molecule has 2 aromatic rings. The fourth-order valence-corrected chi connectivity index (χ4v) is 2.27. The summed E-state index contributed by atoms with van der Waals surface area (Å²) in [4.78, 5) is 18.9. The maximum atomic E-state index is 11.7. The molecule has 0 fully saturated rings. The second-order valence-corrected chi connectivity index (χ2v) is 4.86. The van der Waals surface area contributed by atoms with Crippen molar-refractivity contribution in [3.63, 3.8) is 0 Å². The van der Waals surface area contributed by atoms with Crippen molar-refractivity contribution in [3.8, 4) is 11.4 Å². The molecule has 0 unspecified atom stereocenters. The van der Waals surface area contributed by atoms with Crippen LogP contribution >= 0.6 is 22.6 Å². The number of aromatic amines is 1. The van der Waals surface area contributed by atoms with E-state index in [4.69, 9.17) is 4.42 Å². The highest BCUT2D eigenvalue weighted by Gasteiger charge is 2.13. The van der Waals surface area contributed by atoms with Crippen LogP contribution in [0.3, 0.4) is 0 Å². The Bertz CT molecular complexity index is 544. The van der Waals surface area contributed by atoms with E-state index in [0.29, 0.717) is 9.39 Å². The molecule has 0 aliphatic carbocycles. The molecule has 2 aromatic heterocycles. The third-order valence-electron chi connectivity index (χ3n) is 2.23. The van der Waals surface area contributed by atoms with Crippen LogP contribution in [-0.2, 0) is 0 Å². The summed E-state index contributed by atoms with van der Waals surface area (Å²) >= 11 is 2.03. The molecule has 0 aliphatic rings. The van der Waals surface area contributed by atoms with E-state index in [1.54, 1.807) is 18.6 Å². The quantitative estimate of drug-likeness (QED) is 0.862. The van der Waals surface area contributed by atoms with Crippen LogP contribution < -0.4 is 5.56 Å². The normalized spacial score (nSPS) is 11.0. The van der Waals surface area contributed by atoms with Gasteiger partial charge in [0.15, 0.2) is 0 Å². The van der Waals surface area contributed by atoms with E-state index in [0.717, 1.165) is 11.3 Å². The SMILES string of the molecule is CC(C)c1nc(-c2ccoc2)[nH]c(=O)c1I. The summed E-state index contributed by atoms with van der Waals surface area (Å²) in [7, 11) is 0. The highest BCUT2D eigenvalue weighted by atomic mass is 127. The molecule has 4 nitrogen and oxygen atoms in total. The molecule has 2 heterocycles. The van der Waals surface area contributed by atoms with Gasteiger partial charge in [0.1, 0.15) is 12.1 Å². The predicted molar refractivity (Wildman–Crippen MR) is 69.4 cm³/mol. The lowest BCUT2D eigenvalue weighted by atomic mass is 10.1. The molecule has 0 radical (unpaired) electrons. The number of nitrogens with zero attached hydrogens (tertiary/aromatic N) is 1. The maximum Gasteiger partial charge on any atom is 0.264 e. The first kappa shape index (κ1) is 11.4. The minimum Gasteiger partial charge on any atom is -0.472 e. The predicted octanol–water partition coefficient (Wildman–Crippen LogP) is 2.76. The van der Waals surface area contributed by atoms with Crippen LogP contribution in [0.25, 0.3) is 11.4 Å². The standard InChI is InChI=1S/C11H11IN2O2/c1-6(2)9-8(12)11(15)14-10(13-9)7-3-4-16-5-7/h3-6H,1-2H3,(H,13,14,15). The number of hydrogen-bond acceptors (Lipinski definition) is 3. The molecule has 0 atom stereocenters. The Hall–Kier alpha value is -1.11. The lowest BCUT2D eigenvalue weighted by Gasteiger charge is -2.08. The molecule has 0 aromatic carbocycles. The molecule has 0 saturated carbocycles. The summed E-state index contributed by atoms with van der Waals surface area (Å²) in [5.41, 5.74) is 1.51. The van der Waals surface area contributed by atoms with E-state index in [2.05, 4.69) is 9.97 Å². The number of aromatic nitrogens is 2. The number of rotatable bonds is 2. The summed E-state index contributed by atoms with van der Waals surface area (Å²) < 4.78 is 5.63. The first-order valence-corrected chi connectivity index (χ1v) is 5.99. The Morgan fingerprint density at radius 3 is 2.81 bits per heavy atom. The molecule has 0 aliphatic heterocycles. The second-order valence-electron chi connectivity index (χ2n) is 3.78. The number of furan rings is 1. The number of halogens is 1. The van der Waals surface area contributed by atoms with E-state index >= 15 is 0 Å². The van der Waals surface area contributed by atoms with Crippen molar-refractivity contribution in [2.45, 2.75) is 19.8 Å². The molecule has 2 rings (SSSR count). The molecule has 0 amide bonds. The second kappa shape index (κ2) is 4.40. The van der Waals surface area contributed by atoms with Crippen molar-refractivity contribution in [2.75, 3.05) is 0 Å². The van der Waals surface area contributed by atoms with E-state index in [9.17, 15) is 4.79 Å². The number of hydrogen-bond donors (Lipinski definition) is 1. The smallest absolute Gasteiger partial charge is 0.264 e. The molecule has 84 valence electrons. The molecular weight excluding hydrogens is 319 g/mol. The lowest BCUT2D eigenvalue weighted by Crippen LogP contribution is -2.16. The first-order valence-electron chi connectivity index (χ1n) is 4.92. The average Bonchev–Trinajstić information content (AvgIpc) is 2.74. The Balaban J connectivity index is 2.62. The van der Waals surface area contributed by atoms with E-state index in [1.165, 1.54) is 0 Å². The molecule has 0 spiro atoms. The Morgan fingerprint density at radius 2 is 2.25 bits per heavy atom. The van der Waals surface area contributed by atoms with Crippen molar-refractivity contribution in [1.29, 1.82) is 0 Å². The third kappa shape index (κ3) is 2.04. The topological polar surface area (TPSA) is 58.9 Å². The van der Waals surface area contributed by atoms with Gasteiger partial charge in [-0.2, -0.15) is 0 Å². The fourth-order valence-electron chi connectivity index (χ4n) is 1.39. The van der Waals surface area contributed by atoms with Crippen molar-refractivity contribution in [1.82, 2.24) is 9.97 Å². The van der Waals surface area contributed by atoms with Crippen LogP contribution in [0.1, 0.15) is 25.5 Å². The molecule has 0 saturated heterocycles. The summed E-state index contributed by atoms with van der Waals surface area (Å²) in [6.45, 7) is 4.03. The van der Waals surface area contributed by atoms with Gasteiger partial charge in [-0.3, -0.25) is 4.79 Å². The van der Waals surface area contributed by atoms with Crippen LogP contribution in [0.5, 0.6) is 0 Å². The van der Waals surface area contributed by atoms with Gasteiger partial charge < -0.3 is 9.40 Å². The van der Waals surface area contributed by atoms with Crippen LogP contribution in [0.15, 0.2) is 27.8 Å². The first-order chi connectivity index (χ1) is 7.59. The Labute approximate surface area is 106 Å². The summed E-state index contributed by atoms with van der Waals surface area (Å²) in [6.07, 6.45) is 3.12.